The fourth-order valence-electron chi connectivity index (χ4n) is 2.18. The summed E-state index contributed by atoms with van der Waals surface area (Å²) in [5.74, 6) is 2.14. The molecular formula is C16H20N2OS. The van der Waals surface area contributed by atoms with Gasteiger partial charge < -0.3 is 9.72 Å². The van der Waals surface area contributed by atoms with Crippen molar-refractivity contribution in [3.05, 3.63) is 40.2 Å². The molecule has 1 aromatic carbocycles. The smallest absolute Gasteiger partial charge is 0.142 e. The topological polar surface area (TPSA) is 37.9 Å². The Kier molecular flexibility index (Phi) is 4.55. The van der Waals surface area contributed by atoms with E-state index in [1.807, 2.05) is 31.2 Å². The SMILES string of the molecule is COc1cc(C)ccc1-c1nc(=S)cc(CC(C)C)[nH]1. The van der Waals surface area contributed by atoms with Crippen molar-refractivity contribution < 1.29 is 4.74 Å². The summed E-state index contributed by atoms with van der Waals surface area (Å²) in [6, 6.07) is 8.00. The molecule has 2 aromatic rings. The molecule has 1 N–H and O–H groups in total. The molecule has 2 rings (SSSR count). The number of methoxy groups -OCH3 is 1. The van der Waals surface area contributed by atoms with Crippen molar-refractivity contribution in [1.82, 2.24) is 9.97 Å². The van der Waals surface area contributed by atoms with Gasteiger partial charge in [-0.2, -0.15) is 0 Å². The van der Waals surface area contributed by atoms with E-state index in [1.165, 1.54) is 0 Å². The minimum Gasteiger partial charge on any atom is -0.496 e. The summed E-state index contributed by atoms with van der Waals surface area (Å²) in [5, 5.41) is 0. The number of rotatable bonds is 4. The van der Waals surface area contributed by atoms with Crippen LogP contribution in [0.25, 0.3) is 11.4 Å². The van der Waals surface area contributed by atoms with E-state index in [0.29, 0.717) is 10.6 Å². The maximum atomic E-state index is 5.45. The number of aromatic amines is 1. The molecule has 0 amide bonds. The second-order valence-corrected chi connectivity index (χ2v) is 5.81. The standard InChI is InChI=1S/C16H20N2OS/c1-10(2)7-12-9-15(20)18-16(17-12)13-6-5-11(3)8-14(13)19-4/h5-6,8-10H,7H2,1-4H3,(H,17,18,20). The zero-order valence-corrected chi connectivity index (χ0v) is 13.2. The van der Waals surface area contributed by atoms with E-state index >= 15 is 0 Å². The van der Waals surface area contributed by atoms with Crippen LogP contribution >= 0.6 is 12.2 Å². The largest absolute Gasteiger partial charge is 0.496 e. The second-order valence-electron chi connectivity index (χ2n) is 5.39. The van der Waals surface area contributed by atoms with Gasteiger partial charge in [0.1, 0.15) is 16.2 Å². The highest BCUT2D eigenvalue weighted by molar-refractivity contribution is 7.71. The molecule has 0 unspecified atom stereocenters. The van der Waals surface area contributed by atoms with Gasteiger partial charge in [-0.25, -0.2) is 4.98 Å². The van der Waals surface area contributed by atoms with E-state index in [0.717, 1.165) is 34.8 Å². The molecule has 0 bridgehead atoms. The van der Waals surface area contributed by atoms with Crippen molar-refractivity contribution >= 4 is 12.2 Å². The van der Waals surface area contributed by atoms with Gasteiger partial charge in [0.05, 0.1) is 12.7 Å². The van der Waals surface area contributed by atoms with Crippen LogP contribution in [0.2, 0.25) is 0 Å². The summed E-state index contributed by atoms with van der Waals surface area (Å²) in [5.41, 5.74) is 3.20. The molecule has 0 aliphatic carbocycles. The maximum absolute atomic E-state index is 5.45. The molecule has 0 spiro atoms. The predicted molar refractivity (Wildman–Crippen MR) is 84.7 cm³/mol. The Morgan fingerprint density at radius 3 is 2.70 bits per heavy atom. The number of nitrogens with one attached hydrogen (secondary N) is 1. The molecule has 106 valence electrons. The quantitative estimate of drug-likeness (QED) is 0.851. The first-order valence-corrected chi connectivity index (χ1v) is 7.15. The molecule has 0 fully saturated rings. The normalized spacial score (nSPS) is 10.8. The van der Waals surface area contributed by atoms with Crippen molar-refractivity contribution in [3.8, 4) is 17.1 Å². The molecule has 0 saturated heterocycles. The number of ether oxygens (including phenoxy) is 1. The highest BCUT2D eigenvalue weighted by Crippen LogP contribution is 2.28. The number of benzene rings is 1. The van der Waals surface area contributed by atoms with Crippen LogP contribution in [-0.4, -0.2) is 17.1 Å². The van der Waals surface area contributed by atoms with Crippen molar-refractivity contribution in [3.63, 3.8) is 0 Å². The third-order valence-corrected chi connectivity index (χ3v) is 3.25. The molecule has 0 saturated carbocycles. The van der Waals surface area contributed by atoms with Crippen LogP contribution < -0.4 is 4.74 Å². The van der Waals surface area contributed by atoms with Gasteiger partial charge in [0.2, 0.25) is 0 Å². The molecular weight excluding hydrogens is 268 g/mol. The summed E-state index contributed by atoms with van der Waals surface area (Å²) in [6.07, 6.45) is 0.952. The van der Waals surface area contributed by atoms with Crippen LogP contribution in [0, 0.1) is 17.5 Å². The zero-order valence-electron chi connectivity index (χ0n) is 12.4. The van der Waals surface area contributed by atoms with E-state index in [2.05, 4.69) is 23.8 Å². The Bertz CT molecular complexity index is 662. The first-order chi connectivity index (χ1) is 9.49. The van der Waals surface area contributed by atoms with Gasteiger partial charge in [-0.3, -0.25) is 0 Å². The lowest BCUT2D eigenvalue weighted by Crippen LogP contribution is -2.01. The number of aryl methyl sites for hydroxylation is 1. The summed E-state index contributed by atoms with van der Waals surface area (Å²) >= 11 is 5.27. The van der Waals surface area contributed by atoms with E-state index in [1.54, 1.807) is 7.11 Å². The average Bonchev–Trinajstić information content (AvgIpc) is 2.36. The Morgan fingerprint density at radius 1 is 1.30 bits per heavy atom. The van der Waals surface area contributed by atoms with Crippen LogP contribution in [-0.2, 0) is 6.42 Å². The summed E-state index contributed by atoms with van der Waals surface area (Å²) in [7, 11) is 1.67. The lowest BCUT2D eigenvalue weighted by Gasteiger charge is -2.11. The molecule has 0 atom stereocenters. The van der Waals surface area contributed by atoms with Crippen LogP contribution in [0.3, 0.4) is 0 Å². The number of H-pyrrole nitrogens is 1. The third-order valence-electron chi connectivity index (χ3n) is 3.04. The fourth-order valence-corrected chi connectivity index (χ4v) is 2.41. The van der Waals surface area contributed by atoms with Crippen LogP contribution in [0.4, 0.5) is 0 Å². The first kappa shape index (κ1) is 14.7. The Labute approximate surface area is 125 Å². The fraction of sp³-hybridized carbons (Fsp3) is 0.375. The van der Waals surface area contributed by atoms with E-state index < -0.39 is 0 Å². The van der Waals surface area contributed by atoms with Gasteiger partial charge in [0.15, 0.2) is 0 Å². The van der Waals surface area contributed by atoms with Gasteiger partial charge >= 0.3 is 0 Å². The van der Waals surface area contributed by atoms with Gasteiger partial charge in [-0.05, 0) is 43.0 Å². The summed E-state index contributed by atoms with van der Waals surface area (Å²) in [6.45, 7) is 6.41. The monoisotopic (exact) mass is 288 g/mol. The van der Waals surface area contributed by atoms with Crippen LogP contribution in [0.15, 0.2) is 24.3 Å². The second kappa shape index (κ2) is 6.18. The maximum Gasteiger partial charge on any atom is 0.142 e. The number of nitrogens with zero attached hydrogens (tertiary/aromatic N) is 1. The minimum absolute atomic E-state index is 0.566. The van der Waals surface area contributed by atoms with Crippen LogP contribution in [0.1, 0.15) is 25.1 Å². The minimum atomic E-state index is 0.566. The molecule has 1 heterocycles. The van der Waals surface area contributed by atoms with Gasteiger partial charge in [-0.1, -0.05) is 32.1 Å². The molecule has 20 heavy (non-hydrogen) atoms. The van der Waals surface area contributed by atoms with Crippen molar-refractivity contribution in [2.45, 2.75) is 27.2 Å². The summed E-state index contributed by atoms with van der Waals surface area (Å²) < 4.78 is 6.06. The number of hydrogen-bond donors (Lipinski definition) is 1. The molecule has 3 nitrogen and oxygen atoms in total. The lowest BCUT2D eigenvalue weighted by atomic mass is 10.1. The Hall–Kier alpha value is -1.68. The third kappa shape index (κ3) is 3.45. The number of hydrogen-bond acceptors (Lipinski definition) is 3. The Balaban J connectivity index is 2.52. The first-order valence-electron chi connectivity index (χ1n) is 6.75. The van der Waals surface area contributed by atoms with E-state index in [4.69, 9.17) is 17.0 Å². The Morgan fingerprint density at radius 2 is 2.05 bits per heavy atom. The molecule has 1 aromatic heterocycles. The van der Waals surface area contributed by atoms with Crippen molar-refractivity contribution in [2.24, 2.45) is 5.92 Å². The average molecular weight is 288 g/mol. The van der Waals surface area contributed by atoms with E-state index in [-0.39, 0.29) is 0 Å². The zero-order chi connectivity index (χ0) is 14.7. The van der Waals surface area contributed by atoms with Gasteiger partial charge in [0, 0.05) is 5.69 Å². The molecule has 0 aliphatic heterocycles. The molecule has 4 heteroatoms. The van der Waals surface area contributed by atoms with Crippen molar-refractivity contribution in [1.29, 1.82) is 0 Å². The highest BCUT2D eigenvalue weighted by atomic mass is 32.1. The summed E-state index contributed by atoms with van der Waals surface area (Å²) in [4.78, 5) is 7.80. The predicted octanol–water partition coefficient (Wildman–Crippen LogP) is 4.32. The van der Waals surface area contributed by atoms with Gasteiger partial charge in [0.25, 0.3) is 0 Å². The van der Waals surface area contributed by atoms with Crippen LogP contribution in [0.5, 0.6) is 5.75 Å². The van der Waals surface area contributed by atoms with Gasteiger partial charge in [-0.15, -0.1) is 0 Å². The van der Waals surface area contributed by atoms with E-state index in [9.17, 15) is 0 Å². The molecule has 0 aliphatic rings. The molecule has 0 radical (unpaired) electrons. The highest BCUT2D eigenvalue weighted by Gasteiger charge is 2.09. The van der Waals surface area contributed by atoms with Crippen molar-refractivity contribution in [2.75, 3.05) is 7.11 Å². The number of aromatic nitrogens is 2. The lowest BCUT2D eigenvalue weighted by molar-refractivity contribution is 0.416.